The van der Waals surface area contributed by atoms with Crippen molar-refractivity contribution in [1.29, 1.82) is 0 Å². The molecule has 2 aromatic carbocycles. The summed E-state index contributed by atoms with van der Waals surface area (Å²) >= 11 is 0. The van der Waals surface area contributed by atoms with E-state index in [1.54, 1.807) is 23.4 Å². The van der Waals surface area contributed by atoms with Gasteiger partial charge in [0.1, 0.15) is 5.69 Å². The minimum Gasteiger partial charge on any atom is -0.374 e. The second-order valence-corrected chi connectivity index (χ2v) is 24.1. The quantitative estimate of drug-likeness (QED) is 0.102. The Bertz CT molecular complexity index is 2220. The zero-order chi connectivity index (χ0) is 45.3. The SMILES string of the molecule is CCCS(C)(C)CCCC1C2C=CC1C1C(=O)N(CCC(=O)NCCC(C)(C)OCC(C)(C)C(=O)NCCC(=O)N3Cc4ccccc4-c4c(nnn4C)-c4ccccc43)C(=O)C21. The number of carbonyl (C=O) groups is 5. The Labute approximate surface area is 374 Å². The highest BCUT2D eigenvalue weighted by Crippen LogP contribution is 2.58. The van der Waals surface area contributed by atoms with Crippen LogP contribution < -0.4 is 15.5 Å². The number of rotatable bonds is 19. The highest BCUT2D eigenvalue weighted by Gasteiger charge is 2.62. The molecule has 2 aliphatic carbocycles. The highest BCUT2D eigenvalue weighted by molar-refractivity contribution is 8.32. The number of nitrogens with zero attached hydrogens (tertiary/aromatic N) is 5. The molecule has 2 aliphatic heterocycles. The lowest BCUT2D eigenvalue weighted by atomic mass is 9.85. The number of nitrogens with one attached hydrogen (secondary N) is 2. The van der Waals surface area contributed by atoms with Gasteiger partial charge in [-0.1, -0.05) is 66.8 Å². The van der Waals surface area contributed by atoms with Crippen molar-refractivity contribution in [3.63, 3.8) is 0 Å². The van der Waals surface area contributed by atoms with Gasteiger partial charge in [-0.2, -0.15) is 0 Å². The Balaban J connectivity index is 0.832. The van der Waals surface area contributed by atoms with Crippen LogP contribution in [-0.2, 0) is 42.3 Å². The van der Waals surface area contributed by atoms with Crippen LogP contribution in [0.1, 0.15) is 78.7 Å². The largest absolute Gasteiger partial charge is 0.374 e. The number of fused-ring (bicyclic) bond motifs is 10. The summed E-state index contributed by atoms with van der Waals surface area (Å²) in [6.07, 6.45) is 13.2. The van der Waals surface area contributed by atoms with Crippen LogP contribution in [0, 0.1) is 35.0 Å². The predicted molar refractivity (Wildman–Crippen MR) is 249 cm³/mol. The van der Waals surface area contributed by atoms with Crippen molar-refractivity contribution in [2.24, 2.45) is 42.1 Å². The van der Waals surface area contributed by atoms with E-state index in [0.717, 1.165) is 40.9 Å². The lowest BCUT2D eigenvalue weighted by molar-refractivity contribution is -0.141. The highest BCUT2D eigenvalue weighted by atomic mass is 32.3. The number of anilines is 1. The van der Waals surface area contributed by atoms with Gasteiger partial charge in [-0.3, -0.25) is 28.9 Å². The van der Waals surface area contributed by atoms with E-state index in [2.05, 4.69) is 52.5 Å². The summed E-state index contributed by atoms with van der Waals surface area (Å²) in [5, 5.41) is 14.7. The molecule has 3 heterocycles. The fourth-order valence-electron chi connectivity index (χ4n) is 10.2. The molecule has 340 valence electrons. The monoisotopic (exact) mass is 881 g/mol. The third-order valence-electron chi connectivity index (χ3n) is 13.7. The van der Waals surface area contributed by atoms with Crippen molar-refractivity contribution >= 4 is 45.3 Å². The lowest BCUT2D eigenvalue weighted by Gasteiger charge is -2.32. The Morgan fingerprint density at radius 3 is 2.24 bits per heavy atom. The van der Waals surface area contributed by atoms with Gasteiger partial charge in [0.05, 0.1) is 47.4 Å². The van der Waals surface area contributed by atoms with Crippen molar-refractivity contribution < 1.29 is 28.7 Å². The molecule has 14 heteroatoms. The number of ether oxygens (including phenoxy) is 1. The van der Waals surface area contributed by atoms with Crippen LogP contribution in [-0.4, -0.2) is 105 Å². The van der Waals surface area contributed by atoms with Crippen molar-refractivity contribution in [2.75, 3.05) is 55.2 Å². The Hall–Kier alpha value is -4.82. The molecule has 63 heavy (non-hydrogen) atoms. The van der Waals surface area contributed by atoms with Gasteiger partial charge < -0.3 is 20.3 Å². The maximum Gasteiger partial charge on any atom is 0.233 e. The first kappa shape index (κ1) is 46.2. The van der Waals surface area contributed by atoms with Gasteiger partial charge in [0, 0.05) is 50.7 Å². The van der Waals surface area contributed by atoms with Crippen molar-refractivity contribution in [1.82, 2.24) is 30.5 Å². The van der Waals surface area contributed by atoms with E-state index in [4.69, 9.17) is 4.74 Å². The van der Waals surface area contributed by atoms with Crippen LogP contribution in [0.15, 0.2) is 60.7 Å². The molecule has 2 fully saturated rings. The summed E-state index contributed by atoms with van der Waals surface area (Å²) in [7, 11) is 1.28. The van der Waals surface area contributed by atoms with E-state index in [-0.39, 0.29) is 85.7 Å². The molecule has 4 aliphatic rings. The van der Waals surface area contributed by atoms with Crippen LogP contribution in [0.5, 0.6) is 0 Å². The zero-order valence-corrected chi connectivity index (χ0v) is 39.3. The molecule has 1 aromatic heterocycles. The van der Waals surface area contributed by atoms with Crippen LogP contribution in [0.4, 0.5) is 5.69 Å². The number of para-hydroxylation sites is 1. The summed E-state index contributed by atoms with van der Waals surface area (Å²) in [5.41, 5.74) is 3.54. The Morgan fingerprint density at radius 2 is 1.54 bits per heavy atom. The van der Waals surface area contributed by atoms with Gasteiger partial charge in [-0.25, -0.2) is 14.7 Å². The molecule has 1 saturated carbocycles. The second-order valence-electron chi connectivity index (χ2n) is 19.8. The van der Waals surface area contributed by atoms with Gasteiger partial charge in [0.15, 0.2) is 0 Å². The first-order valence-corrected chi connectivity index (χ1v) is 25.5. The fraction of sp³-hybridized carbons (Fsp3) is 0.571. The van der Waals surface area contributed by atoms with Crippen molar-refractivity contribution in [3.05, 3.63) is 66.2 Å². The topological polar surface area (TPSA) is 156 Å². The number of hydrogen-bond donors (Lipinski definition) is 2. The average molecular weight is 882 g/mol. The maximum absolute atomic E-state index is 13.9. The molecule has 0 radical (unpaired) electrons. The molecule has 3 aromatic rings. The molecule has 0 spiro atoms. The first-order valence-electron chi connectivity index (χ1n) is 22.7. The van der Waals surface area contributed by atoms with Crippen LogP contribution in [0.25, 0.3) is 22.5 Å². The first-order chi connectivity index (χ1) is 29.9. The molecule has 2 bridgehead atoms. The van der Waals surface area contributed by atoms with Crippen molar-refractivity contribution in [2.45, 2.75) is 85.3 Å². The minimum atomic E-state index is -0.896. The average Bonchev–Trinajstić information content (AvgIpc) is 3.97. The molecule has 4 unspecified atom stereocenters. The number of likely N-dealkylation sites (tertiary alicyclic amines) is 1. The summed E-state index contributed by atoms with van der Waals surface area (Å²) in [6.45, 7) is 10.7. The summed E-state index contributed by atoms with van der Waals surface area (Å²) in [4.78, 5) is 70.5. The fourth-order valence-corrected chi connectivity index (χ4v) is 12.5. The Morgan fingerprint density at radius 1 is 0.873 bits per heavy atom. The van der Waals surface area contributed by atoms with Gasteiger partial charge in [0.25, 0.3) is 0 Å². The molecular weight excluding hydrogens is 815 g/mol. The standard InChI is InChI=1S/C49H67N7O6S/c1-9-28-63(7,8)29-14-18-34-35-20-21-36(34)42-41(35)45(59)55(46(42)60)27-23-39(57)50-26-24-49(4,5)62-31-48(2,3)47(61)51-25-22-40(58)56-30-32-15-10-11-16-33(32)44-43(52-53-54(44)6)37-17-12-13-19-38(37)56/h10-13,15-17,19-21,34-36,41-42H,9,14,18,22-31H2,1-8H3,(H,50,57)(H,51,61). The molecule has 1 saturated heterocycles. The lowest BCUT2D eigenvalue weighted by Crippen LogP contribution is -2.44. The number of aryl methyl sites for hydroxylation is 1. The number of amides is 5. The van der Waals surface area contributed by atoms with Crippen LogP contribution in [0.3, 0.4) is 0 Å². The number of carbonyl (C=O) groups excluding carboxylic acids is 5. The minimum absolute atomic E-state index is 0.0512. The molecule has 2 N–H and O–H groups in total. The number of benzene rings is 2. The van der Waals surface area contributed by atoms with Gasteiger partial charge >= 0.3 is 0 Å². The van der Waals surface area contributed by atoms with E-state index in [9.17, 15) is 24.0 Å². The van der Waals surface area contributed by atoms with E-state index in [0.29, 0.717) is 31.1 Å². The van der Waals surface area contributed by atoms with Gasteiger partial charge in [0.2, 0.25) is 29.5 Å². The van der Waals surface area contributed by atoms with Gasteiger partial charge in [-0.05, 0) is 107 Å². The maximum atomic E-state index is 13.9. The second kappa shape index (κ2) is 18.7. The molecule has 5 amide bonds. The van der Waals surface area contributed by atoms with E-state index in [1.807, 2.05) is 69.4 Å². The summed E-state index contributed by atoms with van der Waals surface area (Å²) < 4.78 is 8.01. The van der Waals surface area contributed by atoms with E-state index in [1.165, 1.54) is 22.8 Å². The number of allylic oxidation sites excluding steroid dienone is 2. The molecule has 13 nitrogen and oxygen atoms in total. The number of hydrogen-bond acceptors (Lipinski definition) is 8. The molecule has 7 rings (SSSR count). The summed E-state index contributed by atoms with van der Waals surface area (Å²) in [5.74, 6) is 1.73. The van der Waals surface area contributed by atoms with E-state index >= 15 is 0 Å². The predicted octanol–water partition coefficient (Wildman–Crippen LogP) is 6.51. The number of aromatic nitrogens is 3. The summed E-state index contributed by atoms with van der Waals surface area (Å²) in [6, 6.07) is 15.7. The van der Waals surface area contributed by atoms with Gasteiger partial charge in [-0.15, -0.1) is 5.10 Å². The van der Waals surface area contributed by atoms with E-state index < -0.39 is 21.0 Å². The third kappa shape index (κ3) is 9.82. The number of imide groups is 1. The molecular formula is C49H67N7O6S. The smallest absolute Gasteiger partial charge is 0.233 e. The Kier molecular flexibility index (Phi) is 13.7. The third-order valence-corrected chi connectivity index (χ3v) is 16.6. The zero-order valence-electron chi connectivity index (χ0n) is 38.4. The van der Waals surface area contributed by atoms with Crippen LogP contribution in [0.2, 0.25) is 0 Å². The molecule has 4 atom stereocenters. The van der Waals surface area contributed by atoms with Crippen LogP contribution >= 0.6 is 10.0 Å². The van der Waals surface area contributed by atoms with Crippen molar-refractivity contribution in [3.8, 4) is 22.5 Å². The normalized spacial score (nSPS) is 21.7.